The number of nitrogens with zero attached hydrogens (tertiary/aromatic N) is 1. The molecule has 6 heteroatoms. The lowest BCUT2D eigenvalue weighted by Gasteiger charge is -2.33. The monoisotopic (exact) mass is 483 g/mol. The van der Waals surface area contributed by atoms with Gasteiger partial charge < -0.3 is 19.7 Å². The molecule has 2 aliphatic rings. The van der Waals surface area contributed by atoms with Crippen LogP contribution in [0.15, 0.2) is 54.6 Å². The minimum Gasteiger partial charge on any atom is -0.481 e. The van der Waals surface area contributed by atoms with Crippen LogP contribution in [0.3, 0.4) is 0 Å². The highest BCUT2D eigenvalue weighted by Crippen LogP contribution is 2.28. The summed E-state index contributed by atoms with van der Waals surface area (Å²) in [6.07, 6.45) is 6.02. The maximum atomic E-state index is 10.4. The number of hydrogen-bond donors (Lipinski definition) is 2. The van der Waals surface area contributed by atoms with Crippen LogP contribution in [0.5, 0.6) is 0 Å². The first-order valence-corrected chi connectivity index (χ1v) is 13.0. The van der Waals surface area contributed by atoms with Crippen molar-refractivity contribution >= 4 is 5.97 Å². The summed E-state index contributed by atoms with van der Waals surface area (Å²) in [5, 5.41) is 18.6. The Labute approximate surface area is 209 Å². The molecule has 0 spiro atoms. The van der Waals surface area contributed by atoms with E-state index in [1.807, 2.05) is 6.07 Å². The van der Waals surface area contributed by atoms with Gasteiger partial charge >= 0.3 is 5.97 Å². The van der Waals surface area contributed by atoms with E-state index in [4.69, 9.17) is 14.6 Å². The lowest BCUT2D eigenvalue weighted by Crippen LogP contribution is -2.46. The highest BCUT2D eigenvalue weighted by molar-refractivity contribution is 5.66. The summed E-state index contributed by atoms with van der Waals surface area (Å²) in [6, 6.07) is 19.2. The van der Waals surface area contributed by atoms with Crippen molar-refractivity contribution in [1.82, 2.24) is 4.90 Å². The van der Waals surface area contributed by atoms with Crippen LogP contribution < -0.4 is 0 Å². The third kappa shape index (κ3) is 9.37. The van der Waals surface area contributed by atoms with Crippen molar-refractivity contribution in [3.8, 4) is 11.1 Å². The smallest absolute Gasteiger partial charge is 0.303 e. The Morgan fingerprint density at radius 1 is 0.971 bits per heavy atom. The minimum atomic E-state index is -0.675. The van der Waals surface area contributed by atoms with E-state index < -0.39 is 5.97 Å². The molecule has 35 heavy (non-hydrogen) atoms. The molecule has 1 saturated carbocycles. The predicted octanol–water partition coefficient (Wildman–Crippen LogP) is 5.14. The van der Waals surface area contributed by atoms with Gasteiger partial charge in [0.25, 0.3) is 0 Å². The fraction of sp³-hybridized carbons (Fsp3) is 0.552. The van der Waals surface area contributed by atoms with Crippen molar-refractivity contribution in [3.63, 3.8) is 0 Å². The van der Waals surface area contributed by atoms with Gasteiger partial charge in [-0.05, 0) is 29.5 Å². The van der Waals surface area contributed by atoms with Gasteiger partial charge in [0.05, 0.1) is 32.0 Å². The molecule has 1 aliphatic carbocycles. The Bertz CT molecular complexity index is 851. The molecule has 0 unspecified atom stereocenters. The van der Waals surface area contributed by atoms with E-state index in [9.17, 15) is 9.90 Å². The lowest BCUT2D eigenvalue weighted by molar-refractivity contribution is -0.137. The molecular weight excluding hydrogens is 442 g/mol. The molecule has 1 heterocycles. The van der Waals surface area contributed by atoms with E-state index in [2.05, 4.69) is 60.4 Å². The van der Waals surface area contributed by atoms with Gasteiger partial charge in [-0.25, -0.2) is 0 Å². The third-order valence-corrected chi connectivity index (χ3v) is 6.76. The van der Waals surface area contributed by atoms with Crippen LogP contribution in [0.4, 0.5) is 0 Å². The Kier molecular flexibility index (Phi) is 11.7. The number of unbranched alkanes of at least 4 members (excludes halogenated alkanes) is 3. The number of aliphatic carboxylic acids is 1. The van der Waals surface area contributed by atoms with E-state index in [0.29, 0.717) is 13.0 Å². The first-order chi connectivity index (χ1) is 17.1. The van der Waals surface area contributed by atoms with Crippen LogP contribution in [0, 0.1) is 0 Å². The first-order valence-electron chi connectivity index (χ1n) is 13.0. The van der Waals surface area contributed by atoms with Crippen molar-refractivity contribution in [1.29, 1.82) is 0 Å². The fourth-order valence-electron chi connectivity index (χ4n) is 4.73. The standard InChI is InChI=1S/C22H27NO3.C7H14O2/c24-22-15-20(14-21(22)23-10-12-25-13-11-23)26-16-17-6-8-19(9-7-17)18-4-2-1-3-5-18;1-2-3-4-5-6-7(8)9/h1-9,20-22,24H,10-16H2;2-6H2,1H3,(H,8,9)/t20-,21-,22-;/m0./s1. The summed E-state index contributed by atoms with van der Waals surface area (Å²) in [5.41, 5.74) is 3.62. The molecule has 1 aliphatic heterocycles. The largest absolute Gasteiger partial charge is 0.481 e. The average Bonchev–Trinajstić information content (AvgIpc) is 3.27. The average molecular weight is 484 g/mol. The molecule has 6 nitrogen and oxygen atoms in total. The van der Waals surface area contributed by atoms with Gasteiger partial charge in [-0.3, -0.25) is 9.69 Å². The molecule has 3 atom stereocenters. The molecule has 2 N–H and O–H groups in total. The van der Waals surface area contributed by atoms with Crippen LogP contribution in [0.25, 0.3) is 11.1 Å². The molecule has 0 aromatic heterocycles. The van der Waals surface area contributed by atoms with Gasteiger partial charge in [0, 0.05) is 32.0 Å². The quantitative estimate of drug-likeness (QED) is 0.456. The molecule has 4 rings (SSSR count). The number of aliphatic hydroxyl groups is 1. The molecular formula is C29H41NO5. The topological polar surface area (TPSA) is 79.2 Å². The number of carboxylic acid groups (broad SMARTS) is 1. The minimum absolute atomic E-state index is 0.131. The fourth-order valence-corrected chi connectivity index (χ4v) is 4.73. The summed E-state index contributed by atoms with van der Waals surface area (Å²) in [7, 11) is 0. The van der Waals surface area contributed by atoms with Crippen LogP contribution in [-0.2, 0) is 20.9 Å². The van der Waals surface area contributed by atoms with E-state index in [-0.39, 0.29) is 18.2 Å². The molecule has 1 saturated heterocycles. The Balaban J connectivity index is 0.000000327. The molecule has 2 aromatic carbocycles. The van der Waals surface area contributed by atoms with Crippen LogP contribution in [-0.4, -0.2) is 65.6 Å². The second kappa shape index (κ2) is 15.0. The van der Waals surface area contributed by atoms with Crippen molar-refractivity contribution in [2.75, 3.05) is 26.3 Å². The lowest BCUT2D eigenvalue weighted by atomic mass is 10.0. The normalized spacial score (nSPS) is 22.4. The molecule has 2 fully saturated rings. The van der Waals surface area contributed by atoms with Crippen LogP contribution in [0.1, 0.15) is 57.4 Å². The van der Waals surface area contributed by atoms with Crippen molar-refractivity contribution < 1.29 is 24.5 Å². The van der Waals surface area contributed by atoms with Crippen molar-refractivity contribution in [3.05, 3.63) is 60.2 Å². The van der Waals surface area contributed by atoms with E-state index in [1.54, 1.807) is 0 Å². The van der Waals surface area contributed by atoms with Crippen molar-refractivity contribution in [2.45, 2.75) is 76.7 Å². The summed E-state index contributed by atoms with van der Waals surface area (Å²) in [6.45, 7) is 6.07. The number of aliphatic hydroxyl groups excluding tert-OH is 1. The summed E-state index contributed by atoms with van der Waals surface area (Å²) < 4.78 is 11.5. The zero-order chi connectivity index (χ0) is 24.9. The zero-order valence-electron chi connectivity index (χ0n) is 21.0. The maximum absolute atomic E-state index is 10.4. The number of benzene rings is 2. The summed E-state index contributed by atoms with van der Waals surface area (Å²) in [5.74, 6) is -0.675. The van der Waals surface area contributed by atoms with Crippen molar-refractivity contribution in [2.24, 2.45) is 0 Å². The predicted molar refractivity (Wildman–Crippen MR) is 138 cm³/mol. The molecule has 0 bridgehead atoms. The number of hydrogen-bond acceptors (Lipinski definition) is 5. The molecule has 2 aromatic rings. The van der Waals surface area contributed by atoms with E-state index >= 15 is 0 Å². The SMILES string of the molecule is CCCCCCC(=O)O.O[C@H]1C[C@@H](OCc2ccc(-c3ccccc3)cc2)C[C@@H]1N1CCOCC1. The number of rotatable bonds is 10. The molecule has 0 radical (unpaired) electrons. The van der Waals surface area contributed by atoms with Gasteiger partial charge in [-0.15, -0.1) is 0 Å². The Morgan fingerprint density at radius 2 is 1.66 bits per heavy atom. The first kappa shape index (κ1) is 27.3. The number of ether oxygens (including phenoxy) is 2. The number of morpholine rings is 1. The molecule has 192 valence electrons. The third-order valence-electron chi connectivity index (χ3n) is 6.76. The summed E-state index contributed by atoms with van der Waals surface area (Å²) >= 11 is 0. The number of carboxylic acids is 1. The van der Waals surface area contributed by atoms with Gasteiger partial charge in [-0.1, -0.05) is 80.8 Å². The summed E-state index contributed by atoms with van der Waals surface area (Å²) in [4.78, 5) is 12.3. The van der Waals surface area contributed by atoms with E-state index in [1.165, 1.54) is 23.1 Å². The Hall–Kier alpha value is -2.25. The van der Waals surface area contributed by atoms with Crippen LogP contribution in [0.2, 0.25) is 0 Å². The molecule has 0 amide bonds. The zero-order valence-corrected chi connectivity index (χ0v) is 21.0. The highest BCUT2D eigenvalue weighted by atomic mass is 16.5. The van der Waals surface area contributed by atoms with Gasteiger partial charge in [0.15, 0.2) is 0 Å². The van der Waals surface area contributed by atoms with E-state index in [0.717, 1.165) is 58.4 Å². The second-order valence-corrected chi connectivity index (χ2v) is 9.45. The maximum Gasteiger partial charge on any atom is 0.303 e. The van der Waals surface area contributed by atoms with Gasteiger partial charge in [0.1, 0.15) is 0 Å². The van der Waals surface area contributed by atoms with Gasteiger partial charge in [0.2, 0.25) is 0 Å². The Morgan fingerprint density at radius 3 is 2.31 bits per heavy atom. The number of carbonyl (C=O) groups is 1. The van der Waals surface area contributed by atoms with Crippen LogP contribution >= 0.6 is 0 Å². The second-order valence-electron chi connectivity index (χ2n) is 9.45. The van der Waals surface area contributed by atoms with Gasteiger partial charge in [-0.2, -0.15) is 0 Å². The highest BCUT2D eigenvalue weighted by Gasteiger charge is 2.37.